The second-order valence-electron chi connectivity index (χ2n) is 4.40. The van der Waals surface area contributed by atoms with Gasteiger partial charge in [-0.2, -0.15) is 0 Å². The van der Waals surface area contributed by atoms with Crippen molar-refractivity contribution in [2.75, 3.05) is 6.54 Å². The third kappa shape index (κ3) is 5.94. The monoisotopic (exact) mass is 240 g/mol. The van der Waals surface area contributed by atoms with Crippen molar-refractivity contribution in [1.82, 2.24) is 10.6 Å². The maximum absolute atomic E-state index is 11.4. The van der Waals surface area contributed by atoms with Crippen molar-refractivity contribution in [3.63, 3.8) is 0 Å². The number of carbonyl (C=O) groups excluding carboxylic acids is 1. The van der Waals surface area contributed by atoms with Crippen LogP contribution < -0.4 is 10.6 Å². The van der Waals surface area contributed by atoms with E-state index in [-0.39, 0.29) is 6.42 Å². The van der Waals surface area contributed by atoms with Crippen molar-refractivity contribution in [3.8, 4) is 0 Å². The van der Waals surface area contributed by atoms with Crippen molar-refractivity contribution >= 4 is 12.0 Å². The van der Waals surface area contributed by atoms with E-state index >= 15 is 0 Å². The largest absolute Gasteiger partial charge is 0.480 e. The Hall–Kier alpha value is -1.52. The molecule has 0 aromatic carbocycles. The van der Waals surface area contributed by atoms with Crippen molar-refractivity contribution in [2.45, 2.75) is 38.1 Å². The van der Waals surface area contributed by atoms with Gasteiger partial charge in [0.2, 0.25) is 0 Å². The topological polar surface area (TPSA) is 78.4 Å². The Morgan fingerprint density at radius 1 is 1.47 bits per heavy atom. The number of urea groups is 1. The molecule has 0 aromatic heterocycles. The Labute approximate surface area is 101 Å². The lowest BCUT2D eigenvalue weighted by Gasteiger charge is -2.13. The summed E-state index contributed by atoms with van der Waals surface area (Å²) in [5, 5.41) is 13.9. The summed E-state index contributed by atoms with van der Waals surface area (Å²) >= 11 is 0. The first kappa shape index (κ1) is 13.5. The number of nitrogens with one attached hydrogen (secondary N) is 2. The number of hydrogen-bond acceptors (Lipinski definition) is 2. The fourth-order valence-electron chi connectivity index (χ4n) is 1.60. The quantitative estimate of drug-likeness (QED) is 0.444. The molecule has 1 aliphatic rings. The van der Waals surface area contributed by atoms with Gasteiger partial charge in [-0.3, -0.25) is 0 Å². The lowest BCUT2D eigenvalue weighted by molar-refractivity contribution is -0.139. The van der Waals surface area contributed by atoms with Crippen LogP contribution >= 0.6 is 0 Å². The summed E-state index contributed by atoms with van der Waals surface area (Å²) in [4.78, 5) is 22.1. The third-order valence-corrected chi connectivity index (χ3v) is 2.78. The number of aliphatic carboxylic acids is 1. The van der Waals surface area contributed by atoms with Crippen LogP contribution in [0.1, 0.15) is 32.1 Å². The zero-order valence-corrected chi connectivity index (χ0v) is 9.95. The van der Waals surface area contributed by atoms with Crippen LogP contribution in [0.5, 0.6) is 0 Å². The molecule has 96 valence electrons. The van der Waals surface area contributed by atoms with Crippen LogP contribution in [0.15, 0.2) is 12.7 Å². The van der Waals surface area contributed by atoms with E-state index in [1.54, 1.807) is 0 Å². The molecule has 1 rings (SSSR count). The highest BCUT2D eigenvalue weighted by Gasteiger charge is 2.20. The number of rotatable bonds is 8. The summed E-state index contributed by atoms with van der Waals surface area (Å²) in [7, 11) is 0. The van der Waals surface area contributed by atoms with Crippen LogP contribution in [0, 0.1) is 5.92 Å². The van der Waals surface area contributed by atoms with Crippen molar-refractivity contribution < 1.29 is 14.7 Å². The van der Waals surface area contributed by atoms with Crippen molar-refractivity contribution in [1.29, 1.82) is 0 Å². The highest BCUT2D eigenvalue weighted by atomic mass is 16.4. The molecule has 0 bridgehead atoms. The SMILES string of the molecule is C=CCC(NC(=O)NCCCC1CC1)C(=O)O. The maximum atomic E-state index is 11.4. The minimum atomic E-state index is -1.04. The summed E-state index contributed by atoms with van der Waals surface area (Å²) in [5.41, 5.74) is 0. The standard InChI is InChI=1S/C12H20N2O3/c1-2-4-10(11(15)16)14-12(17)13-8-3-5-9-6-7-9/h2,9-10H,1,3-8H2,(H,15,16)(H2,13,14,17). The van der Waals surface area contributed by atoms with Crippen LogP contribution in [-0.4, -0.2) is 29.7 Å². The predicted molar refractivity (Wildman–Crippen MR) is 64.7 cm³/mol. The lowest BCUT2D eigenvalue weighted by Crippen LogP contribution is -2.46. The Kier molecular flexibility index (Phi) is 5.52. The Morgan fingerprint density at radius 2 is 2.18 bits per heavy atom. The third-order valence-electron chi connectivity index (χ3n) is 2.78. The van der Waals surface area contributed by atoms with E-state index < -0.39 is 18.0 Å². The number of carbonyl (C=O) groups is 2. The van der Waals surface area contributed by atoms with Crippen LogP contribution in [0.2, 0.25) is 0 Å². The smallest absolute Gasteiger partial charge is 0.326 e. The minimum Gasteiger partial charge on any atom is -0.480 e. The summed E-state index contributed by atoms with van der Waals surface area (Å²) < 4.78 is 0. The zero-order chi connectivity index (χ0) is 12.7. The van der Waals surface area contributed by atoms with Crippen LogP contribution in [-0.2, 0) is 4.79 Å². The number of carboxylic acids is 1. The first-order valence-corrected chi connectivity index (χ1v) is 6.01. The molecular formula is C12H20N2O3. The Balaban J connectivity index is 2.11. The van der Waals surface area contributed by atoms with Gasteiger partial charge in [-0.1, -0.05) is 18.9 Å². The highest BCUT2D eigenvalue weighted by Crippen LogP contribution is 2.33. The first-order chi connectivity index (χ1) is 8.13. The minimum absolute atomic E-state index is 0.227. The maximum Gasteiger partial charge on any atom is 0.326 e. The average Bonchev–Trinajstić information content (AvgIpc) is 3.07. The molecule has 5 nitrogen and oxygen atoms in total. The van der Waals surface area contributed by atoms with E-state index in [9.17, 15) is 9.59 Å². The van der Waals surface area contributed by atoms with Gasteiger partial charge in [0.25, 0.3) is 0 Å². The molecule has 1 saturated carbocycles. The molecule has 0 aromatic rings. The van der Waals surface area contributed by atoms with Crippen LogP contribution in [0.25, 0.3) is 0 Å². The molecule has 0 aliphatic heterocycles. The Morgan fingerprint density at radius 3 is 2.71 bits per heavy atom. The lowest BCUT2D eigenvalue weighted by atomic mass is 10.2. The summed E-state index contributed by atoms with van der Waals surface area (Å²) in [6.07, 6.45) is 6.43. The van der Waals surface area contributed by atoms with Gasteiger partial charge in [0.05, 0.1) is 0 Å². The summed E-state index contributed by atoms with van der Waals surface area (Å²) in [5.74, 6) is -0.189. The van der Waals surface area contributed by atoms with E-state index in [0.29, 0.717) is 6.54 Å². The molecule has 1 atom stereocenters. The fourth-order valence-corrected chi connectivity index (χ4v) is 1.60. The molecule has 0 heterocycles. The van der Waals surface area contributed by atoms with Gasteiger partial charge in [0.1, 0.15) is 6.04 Å². The van der Waals surface area contributed by atoms with Crippen molar-refractivity contribution in [2.24, 2.45) is 5.92 Å². The van der Waals surface area contributed by atoms with E-state index in [1.165, 1.54) is 18.9 Å². The van der Waals surface area contributed by atoms with Gasteiger partial charge in [0, 0.05) is 6.54 Å². The Bertz CT molecular complexity index is 287. The zero-order valence-electron chi connectivity index (χ0n) is 9.95. The van der Waals surface area contributed by atoms with Crippen molar-refractivity contribution in [3.05, 3.63) is 12.7 Å². The second kappa shape index (κ2) is 6.93. The van der Waals surface area contributed by atoms with E-state index in [1.807, 2.05) is 0 Å². The predicted octanol–water partition coefficient (Wildman–Crippen LogP) is 1.51. The highest BCUT2D eigenvalue weighted by molar-refractivity contribution is 5.82. The normalized spacial score (nSPS) is 16.0. The van der Waals surface area contributed by atoms with E-state index in [2.05, 4.69) is 17.2 Å². The molecule has 17 heavy (non-hydrogen) atoms. The molecule has 0 saturated heterocycles. The molecule has 2 amide bonds. The van der Waals surface area contributed by atoms with Gasteiger partial charge in [0.15, 0.2) is 0 Å². The molecule has 3 N–H and O–H groups in total. The molecule has 1 fully saturated rings. The molecule has 0 spiro atoms. The fraction of sp³-hybridized carbons (Fsp3) is 0.667. The summed E-state index contributed by atoms with van der Waals surface area (Å²) in [6, 6.07) is -1.31. The van der Waals surface area contributed by atoms with E-state index in [4.69, 9.17) is 5.11 Å². The van der Waals surface area contributed by atoms with Crippen LogP contribution in [0.3, 0.4) is 0 Å². The molecule has 1 unspecified atom stereocenters. The second-order valence-corrected chi connectivity index (χ2v) is 4.40. The van der Waals surface area contributed by atoms with Gasteiger partial charge in [-0.15, -0.1) is 6.58 Å². The van der Waals surface area contributed by atoms with Gasteiger partial charge in [-0.25, -0.2) is 9.59 Å². The average molecular weight is 240 g/mol. The van der Waals surface area contributed by atoms with Gasteiger partial charge in [-0.05, 0) is 25.2 Å². The van der Waals surface area contributed by atoms with Gasteiger partial charge < -0.3 is 15.7 Å². The van der Waals surface area contributed by atoms with Gasteiger partial charge >= 0.3 is 12.0 Å². The van der Waals surface area contributed by atoms with Crippen LogP contribution in [0.4, 0.5) is 4.79 Å². The number of amides is 2. The summed E-state index contributed by atoms with van der Waals surface area (Å²) in [6.45, 7) is 4.06. The molecule has 1 aliphatic carbocycles. The molecule has 0 radical (unpaired) electrons. The number of carboxylic acid groups (broad SMARTS) is 1. The van der Waals surface area contributed by atoms with E-state index in [0.717, 1.165) is 18.8 Å². The number of hydrogen-bond donors (Lipinski definition) is 3. The first-order valence-electron chi connectivity index (χ1n) is 6.01. The molecular weight excluding hydrogens is 220 g/mol. The molecule has 5 heteroatoms.